The lowest BCUT2D eigenvalue weighted by molar-refractivity contribution is -0.132. The molecule has 0 atom stereocenters. The van der Waals surface area contributed by atoms with Crippen molar-refractivity contribution in [3.63, 3.8) is 0 Å². The van der Waals surface area contributed by atoms with Gasteiger partial charge in [0.2, 0.25) is 5.91 Å². The lowest BCUT2D eigenvalue weighted by Crippen LogP contribution is -2.35. The highest BCUT2D eigenvalue weighted by molar-refractivity contribution is 6.43. The average Bonchev–Trinajstić information content (AvgIpc) is 2.70. The van der Waals surface area contributed by atoms with Gasteiger partial charge in [-0.2, -0.15) is 0 Å². The van der Waals surface area contributed by atoms with E-state index in [1.54, 1.807) is 48.4 Å². The molecule has 1 aliphatic heterocycles. The highest BCUT2D eigenvalue weighted by atomic mass is 16.5. The van der Waals surface area contributed by atoms with Crippen LogP contribution in [0.15, 0.2) is 42.5 Å². The summed E-state index contributed by atoms with van der Waals surface area (Å²) in [4.78, 5) is 38.4. The molecule has 0 radical (unpaired) electrons. The second-order valence-corrected chi connectivity index (χ2v) is 6.64. The van der Waals surface area contributed by atoms with E-state index in [2.05, 4.69) is 10.6 Å². The molecule has 3 amide bonds. The molecule has 3 rings (SSSR count). The fourth-order valence-corrected chi connectivity index (χ4v) is 3.09. The zero-order chi connectivity index (χ0) is 20.1. The van der Waals surface area contributed by atoms with Gasteiger partial charge < -0.3 is 20.3 Å². The first kappa shape index (κ1) is 19.4. The number of nitrogens with zero attached hydrogens (tertiary/aromatic N) is 1. The van der Waals surface area contributed by atoms with Crippen molar-refractivity contribution in [1.82, 2.24) is 0 Å². The Labute approximate surface area is 163 Å². The fraction of sp³-hybridized carbons (Fsp3) is 0.286. The Morgan fingerprint density at radius 3 is 2.25 bits per heavy atom. The van der Waals surface area contributed by atoms with Crippen molar-refractivity contribution in [3.8, 4) is 5.75 Å². The summed E-state index contributed by atoms with van der Waals surface area (Å²) in [7, 11) is 1.55. The maximum absolute atomic E-state index is 12.2. The van der Waals surface area contributed by atoms with E-state index in [1.807, 2.05) is 13.0 Å². The van der Waals surface area contributed by atoms with Crippen molar-refractivity contribution in [2.24, 2.45) is 0 Å². The van der Waals surface area contributed by atoms with Gasteiger partial charge in [-0.05, 0) is 61.7 Å². The molecule has 2 aromatic carbocycles. The van der Waals surface area contributed by atoms with Gasteiger partial charge in [-0.3, -0.25) is 14.4 Å². The number of carbonyl (C=O) groups is 3. The summed E-state index contributed by atoms with van der Waals surface area (Å²) in [5.41, 5.74) is 2.66. The van der Waals surface area contributed by atoms with Gasteiger partial charge >= 0.3 is 11.8 Å². The zero-order valence-corrected chi connectivity index (χ0v) is 16.0. The number of amides is 3. The number of ether oxygens (including phenoxy) is 1. The van der Waals surface area contributed by atoms with Crippen molar-refractivity contribution in [3.05, 3.63) is 48.0 Å². The molecule has 1 heterocycles. The molecule has 7 nitrogen and oxygen atoms in total. The monoisotopic (exact) mass is 381 g/mol. The molecule has 2 aromatic rings. The molecule has 2 N–H and O–H groups in total. The number of rotatable bonds is 4. The van der Waals surface area contributed by atoms with Crippen LogP contribution in [0.4, 0.5) is 17.1 Å². The second-order valence-electron chi connectivity index (χ2n) is 6.64. The number of piperidine rings is 1. The largest absolute Gasteiger partial charge is 0.497 e. The molecule has 28 heavy (non-hydrogen) atoms. The summed E-state index contributed by atoms with van der Waals surface area (Å²) in [6.45, 7) is 2.58. The van der Waals surface area contributed by atoms with Crippen LogP contribution in [-0.2, 0) is 14.4 Å². The Bertz CT molecular complexity index is 893. The maximum Gasteiger partial charge on any atom is 0.314 e. The molecule has 146 valence electrons. The minimum atomic E-state index is -0.782. The van der Waals surface area contributed by atoms with Gasteiger partial charge in [0, 0.05) is 30.0 Å². The Kier molecular flexibility index (Phi) is 5.93. The van der Waals surface area contributed by atoms with Gasteiger partial charge in [0.05, 0.1) is 7.11 Å². The summed E-state index contributed by atoms with van der Waals surface area (Å²) < 4.78 is 5.06. The van der Waals surface area contributed by atoms with Gasteiger partial charge in [0.1, 0.15) is 5.75 Å². The van der Waals surface area contributed by atoms with Crippen molar-refractivity contribution in [2.75, 3.05) is 29.2 Å². The molecule has 0 spiro atoms. The number of aryl methyl sites for hydroxylation is 1. The molecule has 0 bridgehead atoms. The fourth-order valence-electron chi connectivity index (χ4n) is 3.09. The van der Waals surface area contributed by atoms with Crippen LogP contribution in [-0.4, -0.2) is 31.4 Å². The Morgan fingerprint density at radius 1 is 0.964 bits per heavy atom. The number of hydrogen-bond donors (Lipinski definition) is 2. The van der Waals surface area contributed by atoms with E-state index < -0.39 is 11.8 Å². The van der Waals surface area contributed by atoms with Crippen molar-refractivity contribution in [2.45, 2.75) is 26.2 Å². The highest BCUT2D eigenvalue weighted by Crippen LogP contribution is 2.27. The van der Waals surface area contributed by atoms with Crippen LogP contribution in [0.25, 0.3) is 0 Å². The van der Waals surface area contributed by atoms with Crippen LogP contribution < -0.4 is 20.3 Å². The molecular weight excluding hydrogens is 358 g/mol. The summed E-state index contributed by atoms with van der Waals surface area (Å²) >= 11 is 0. The lowest BCUT2D eigenvalue weighted by atomic mass is 10.1. The van der Waals surface area contributed by atoms with Crippen molar-refractivity contribution < 1.29 is 19.1 Å². The lowest BCUT2D eigenvalue weighted by Gasteiger charge is -2.28. The van der Waals surface area contributed by atoms with Crippen molar-refractivity contribution >= 4 is 34.8 Å². The van der Waals surface area contributed by atoms with Crippen LogP contribution in [0.5, 0.6) is 5.75 Å². The van der Waals surface area contributed by atoms with Crippen LogP contribution in [0.1, 0.15) is 24.8 Å². The summed E-state index contributed by atoms with van der Waals surface area (Å²) in [6, 6.07) is 12.0. The average molecular weight is 381 g/mol. The highest BCUT2D eigenvalue weighted by Gasteiger charge is 2.22. The van der Waals surface area contributed by atoms with Gasteiger partial charge in [-0.1, -0.05) is 6.07 Å². The van der Waals surface area contributed by atoms with E-state index in [-0.39, 0.29) is 5.91 Å². The number of nitrogens with one attached hydrogen (secondary N) is 2. The van der Waals surface area contributed by atoms with E-state index in [1.165, 1.54) is 0 Å². The molecule has 0 aromatic heterocycles. The third-order valence-corrected chi connectivity index (χ3v) is 4.64. The Balaban J connectivity index is 1.68. The first-order valence-electron chi connectivity index (χ1n) is 9.15. The molecular formula is C21H23N3O4. The number of methoxy groups -OCH3 is 1. The van der Waals surface area contributed by atoms with Gasteiger partial charge in [0.15, 0.2) is 0 Å². The zero-order valence-electron chi connectivity index (χ0n) is 16.0. The van der Waals surface area contributed by atoms with E-state index in [9.17, 15) is 14.4 Å². The molecule has 1 aliphatic rings. The second kappa shape index (κ2) is 8.56. The molecule has 0 aliphatic carbocycles. The molecule has 7 heteroatoms. The minimum absolute atomic E-state index is 0.0788. The van der Waals surface area contributed by atoms with E-state index in [0.29, 0.717) is 30.1 Å². The summed E-state index contributed by atoms with van der Waals surface area (Å²) in [5.74, 6) is -0.825. The SMILES string of the molecule is COc1ccc(NC(=O)C(=O)Nc2ccc(C)c(N3CCCCC3=O)c2)cc1. The number of carbonyl (C=O) groups excluding carboxylic acids is 3. The topological polar surface area (TPSA) is 87.7 Å². The van der Waals surface area contributed by atoms with E-state index >= 15 is 0 Å². The van der Waals surface area contributed by atoms with E-state index in [4.69, 9.17) is 4.74 Å². The standard InChI is InChI=1S/C21H23N3O4/c1-14-6-7-16(13-18(14)24-12-4-3-5-19(24)25)23-21(27)20(26)22-15-8-10-17(28-2)11-9-15/h6-11,13H,3-5,12H2,1-2H3,(H,22,26)(H,23,27). The van der Waals surface area contributed by atoms with Gasteiger partial charge in [-0.15, -0.1) is 0 Å². The van der Waals surface area contributed by atoms with Crippen LogP contribution in [0.3, 0.4) is 0 Å². The summed E-state index contributed by atoms with van der Waals surface area (Å²) in [6.07, 6.45) is 2.38. The predicted octanol–water partition coefficient (Wildman–Crippen LogP) is 3.10. The molecule has 1 saturated heterocycles. The Morgan fingerprint density at radius 2 is 1.61 bits per heavy atom. The molecule has 1 fully saturated rings. The van der Waals surface area contributed by atoms with Crippen molar-refractivity contribution in [1.29, 1.82) is 0 Å². The van der Waals surface area contributed by atoms with Crippen LogP contribution in [0, 0.1) is 6.92 Å². The molecule has 0 saturated carbocycles. The summed E-state index contributed by atoms with van der Waals surface area (Å²) in [5, 5.41) is 5.13. The molecule has 0 unspecified atom stereocenters. The smallest absolute Gasteiger partial charge is 0.314 e. The Hall–Kier alpha value is -3.35. The van der Waals surface area contributed by atoms with Gasteiger partial charge in [-0.25, -0.2) is 0 Å². The number of benzene rings is 2. The number of anilines is 3. The first-order chi connectivity index (χ1) is 13.5. The van der Waals surface area contributed by atoms with Crippen LogP contribution >= 0.6 is 0 Å². The predicted molar refractivity (Wildman–Crippen MR) is 108 cm³/mol. The third-order valence-electron chi connectivity index (χ3n) is 4.64. The van der Waals surface area contributed by atoms with E-state index in [0.717, 1.165) is 24.1 Å². The minimum Gasteiger partial charge on any atom is -0.497 e. The quantitative estimate of drug-likeness (QED) is 0.797. The third kappa shape index (κ3) is 4.49. The number of hydrogen-bond acceptors (Lipinski definition) is 4. The van der Waals surface area contributed by atoms with Gasteiger partial charge in [0.25, 0.3) is 0 Å². The first-order valence-corrected chi connectivity index (χ1v) is 9.15. The normalized spacial score (nSPS) is 13.8. The van der Waals surface area contributed by atoms with Crippen LogP contribution in [0.2, 0.25) is 0 Å². The maximum atomic E-state index is 12.2.